The predicted octanol–water partition coefficient (Wildman–Crippen LogP) is 0.926. The molecule has 4 nitrogen and oxygen atoms in total. The van der Waals surface area contributed by atoms with Crippen molar-refractivity contribution in [3.8, 4) is 6.07 Å². The summed E-state index contributed by atoms with van der Waals surface area (Å²) >= 11 is 0. The van der Waals surface area contributed by atoms with E-state index in [0.717, 1.165) is 19.4 Å². The van der Waals surface area contributed by atoms with Crippen molar-refractivity contribution >= 4 is 5.97 Å². The van der Waals surface area contributed by atoms with E-state index in [0.29, 0.717) is 6.42 Å². The molecule has 1 saturated heterocycles. The van der Waals surface area contributed by atoms with Gasteiger partial charge in [0.1, 0.15) is 6.04 Å². The minimum Gasteiger partial charge on any atom is -0.468 e. The van der Waals surface area contributed by atoms with E-state index in [1.54, 1.807) is 0 Å². The Balaban J connectivity index is 2.59. The lowest BCUT2D eigenvalue weighted by atomic mass is 10.1. The number of hydrogen-bond acceptors (Lipinski definition) is 4. The topological polar surface area (TPSA) is 53.3 Å². The summed E-state index contributed by atoms with van der Waals surface area (Å²) in [4.78, 5) is 13.5. The van der Waals surface area contributed by atoms with Gasteiger partial charge in [0.15, 0.2) is 0 Å². The SMILES string of the molecule is COC(=O)C1CCCN1C(C)CC#N. The van der Waals surface area contributed by atoms with Crippen LogP contribution in [-0.2, 0) is 9.53 Å². The summed E-state index contributed by atoms with van der Waals surface area (Å²) < 4.78 is 4.73. The smallest absolute Gasteiger partial charge is 0.323 e. The molecule has 0 saturated carbocycles. The first-order valence-electron chi connectivity index (χ1n) is 4.91. The Morgan fingerprint density at radius 1 is 1.79 bits per heavy atom. The van der Waals surface area contributed by atoms with Gasteiger partial charge in [0, 0.05) is 6.04 Å². The van der Waals surface area contributed by atoms with Gasteiger partial charge >= 0.3 is 5.97 Å². The Hall–Kier alpha value is -1.08. The molecule has 0 bridgehead atoms. The van der Waals surface area contributed by atoms with Crippen molar-refractivity contribution in [2.24, 2.45) is 0 Å². The molecule has 4 heteroatoms. The average Bonchev–Trinajstić information content (AvgIpc) is 2.65. The van der Waals surface area contributed by atoms with Gasteiger partial charge in [0.05, 0.1) is 19.6 Å². The van der Waals surface area contributed by atoms with Crippen LogP contribution in [0.15, 0.2) is 0 Å². The normalized spacial score (nSPS) is 24.2. The van der Waals surface area contributed by atoms with Gasteiger partial charge in [0.25, 0.3) is 0 Å². The Morgan fingerprint density at radius 3 is 3.07 bits per heavy atom. The third kappa shape index (κ3) is 2.24. The fourth-order valence-electron chi connectivity index (χ4n) is 1.96. The number of ether oxygens (including phenoxy) is 1. The number of carbonyl (C=O) groups excluding carboxylic acids is 1. The second-order valence-corrected chi connectivity index (χ2v) is 3.63. The van der Waals surface area contributed by atoms with Gasteiger partial charge in [-0.25, -0.2) is 0 Å². The third-order valence-corrected chi connectivity index (χ3v) is 2.72. The molecule has 78 valence electrons. The molecule has 2 unspecified atom stereocenters. The minimum atomic E-state index is -0.174. The quantitative estimate of drug-likeness (QED) is 0.630. The second kappa shape index (κ2) is 4.97. The van der Waals surface area contributed by atoms with Crippen LogP contribution in [0.1, 0.15) is 26.2 Å². The molecule has 1 aliphatic heterocycles. The van der Waals surface area contributed by atoms with Crippen LogP contribution >= 0.6 is 0 Å². The van der Waals surface area contributed by atoms with Crippen molar-refractivity contribution in [1.29, 1.82) is 5.26 Å². The molecule has 14 heavy (non-hydrogen) atoms. The summed E-state index contributed by atoms with van der Waals surface area (Å²) in [5, 5.41) is 8.59. The largest absolute Gasteiger partial charge is 0.468 e. The molecule has 1 rings (SSSR count). The molecular weight excluding hydrogens is 180 g/mol. The number of nitriles is 1. The Labute approximate surface area is 84.4 Å². The van der Waals surface area contributed by atoms with Crippen LogP contribution < -0.4 is 0 Å². The zero-order valence-electron chi connectivity index (χ0n) is 8.69. The molecule has 1 fully saturated rings. The van der Waals surface area contributed by atoms with Crippen molar-refractivity contribution < 1.29 is 9.53 Å². The number of methoxy groups -OCH3 is 1. The Morgan fingerprint density at radius 2 is 2.50 bits per heavy atom. The number of carbonyl (C=O) groups is 1. The van der Waals surface area contributed by atoms with E-state index in [9.17, 15) is 4.79 Å². The van der Waals surface area contributed by atoms with E-state index in [1.165, 1.54) is 7.11 Å². The maximum Gasteiger partial charge on any atom is 0.323 e. The van der Waals surface area contributed by atoms with E-state index < -0.39 is 0 Å². The van der Waals surface area contributed by atoms with Crippen LogP contribution in [0.2, 0.25) is 0 Å². The molecule has 0 N–H and O–H groups in total. The molecule has 0 aromatic heterocycles. The highest BCUT2D eigenvalue weighted by Crippen LogP contribution is 2.22. The first kappa shape index (κ1) is 11.0. The zero-order chi connectivity index (χ0) is 10.6. The van der Waals surface area contributed by atoms with Gasteiger partial charge in [-0.05, 0) is 26.3 Å². The standard InChI is InChI=1S/C10H16N2O2/c1-8(5-6-11)12-7-3-4-9(12)10(13)14-2/h8-9H,3-5,7H2,1-2H3. The highest BCUT2D eigenvalue weighted by Gasteiger charge is 2.34. The van der Waals surface area contributed by atoms with Gasteiger partial charge in [-0.1, -0.05) is 0 Å². The number of esters is 1. The van der Waals surface area contributed by atoms with Crippen LogP contribution in [0.25, 0.3) is 0 Å². The monoisotopic (exact) mass is 196 g/mol. The number of nitrogens with zero attached hydrogens (tertiary/aromatic N) is 2. The molecule has 0 radical (unpaired) electrons. The van der Waals surface area contributed by atoms with E-state index >= 15 is 0 Å². The molecule has 1 aliphatic rings. The molecular formula is C10H16N2O2. The van der Waals surface area contributed by atoms with Crippen molar-refractivity contribution in [2.45, 2.75) is 38.3 Å². The molecule has 0 amide bonds. The van der Waals surface area contributed by atoms with Crippen LogP contribution in [0.3, 0.4) is 0 Å². The van der Waals surface area contributed by atoms with Crippen LogP contribution in [-0.4, -0.2) is 36.6 Å². The number of rotatable bonds is 3. The van der Waals surface area contributed by atoms with Crippen molar-refractivity contribution in [2.75, 3.05) is 13.7 Å². The van der Waals surface area contributed by atoms with E-state index in [-0.39, 0.29) is 18.1 Å². The van der Waals surface area contributed by atoms with Crippen LogP contribution in [0.5, 0.6) is 0 Å². The molecule has 0 aromatic carbocycles. The Bertz CT molecular complexity index is 247. The fraction of sp³-hybridized carbons (Fsp3) is 0.800. The first-order valence-corrected chi connectivity index (χ1v) is 4.91. The lowest BCUT2D eigenvalue weighted by molar-refractivity contribution is -0.146. The number of hydrogen-bond donors (Lipinski definition) is 0. The van der Waals surface area contributed by atoms with Gasteiger partial charge < -0.3 is 4.74 Å². The van der Waals surface area contributed by atoms with Crippen molar-refractivity contribution in [3.05, 3.63) is 0 Å². The highest BCUT2D eigenvalue weighted by molar-refractivity contribution is 5.76. The summed E-state index contributed by atoms with van der Waals surface area (Å²) in [6.07, 6.45) is 2.32. The summed E-state index contributed by atoms with van der Waals surface area (Å²) in [6.45, 7) is 2.87. The average molecular weight is 196 g/mol. The van der Waals surface area contributed by atoms with Gasteiger partial charge in [0.2, 0.25) is 0 Å². The third-order valence-electron chi connectivity index (χ3n) is 2.72. The lowest BCUT2D eigenvalue weighted by Gasteiger charge is -2.27. The fourth-order valence-corrected chi connectivity index (χ4v) is 1.96. The molecule has 0 spiro atoms. The minimum absolute atomic E-state index is 0.136. The summed E-state index contributed by atoms with van der Waals surface area (Å²) in [6, 6.07) is 2.14. The van der Waals surface area contributed by atoms with Gasteiger partial charge in [-0.3, -0.25) is 9.69 Å². The maximum atomic E-state index is 11.4. The lowest BCUT2D eigenvalue weighted by Crippen LogP contribution is -2.42. The molecule has 0 aromatic rings. The zero-order valence-corrected chi connectivity index (χ0v) is 8.69. The molecule has 2 atom stereocenters. The summed E-state index contributed by atoms with van der Waals surface area (Å²) in [5.74, 6) is -0.174. The van der Waals surface area contributed by atoms with Crippen LogP contribution in [0.4, 0.5) is 0 Å². The summed E-state index contributed by atoms with van der Waals surface area (Å²) in [7, 11) is 1.41. The van der Waals surface area contributed by atoms with Gasteiger partial charge in [-0.2, -0.15) is 5.26 Å². The van der Waals surface area contributed by atoms with Crippen molar-refractivity contribution in [3.63, 3.8) is 0 Å². The Kier molecular flexibility index (Phi) is 3.90. The molecule has 0 aliphatic carbocycles. The van der Waals surface area contributed by atoms with Crippen molar-refractivity contribution in [1.82, 2.24) is 4.90 Å². The van der Waals surface area contributed by atoms with Crippen LogP contribution in [0, 0.1) is 11.3 Å². The highest BCUT2D eigenvalue weighted by atomic mass is 16.5. The van der Waals surface area contributed by atoms with E-state index in [1.807, 2.05) is 6.92 Å². The van der Waals surface area contributed by atoms with E-state index in [4.69, 9.17) is 10.00 Å². The second-order valence-electron chi connectivity index (χ2n) is 3.63. The maximum absolute atomic E-state index is 11.4. The first-order chi connectivity index (χ1) is 6.70. The predicted molar refractivity (Wildman–Crippen MR) is 51.4 cm³/mol. The van der Waals surface area contributed by atoms with Gasteiger partial charge in [-0.15, -0.1) is 0 Å². The number of likely N-dealkylation sites (tertiary alicyclic amines) is 1. The van der Waals surface area contributed by atoms with E-state index in [2.05, 4.69) is 11.0 Å². The summed E-state index contributed by atoms with van der Waals surface area (Å²) in [5.41, 5.74) is 0. The molecule has 1 heterocycles.